The third kappa shape index (κ3) is 6.21. The maximum Gasteiger partial charge on any atom is 0.341 e. The number of hydrogen-bond acceptors (Lipinski definition) is 9. The van der Waals surface area contributed by atoms with E-state index in [1.54, 1.807) is 18.5 Å². The molecule has 10 nitrogen and oxygen atoms in total. The molecule has 172 valence electrons. The average molecular weight is 490 g/mol. The molecule has 0 saturated carbocycles. The highest BCUT2D eigenvalue weighted by atomic mass is 35.5. The normalized spacial score (nSPS) is 10.1. The van der Waals surface area contributed by atoms with Crippen molar-refractivity contribution in [3.63, 3.8) is 0 Å². The minimum atomic E-state index is -1.09. The number of benzene rings is 1. The zero-order valence-electron chi connectivity index (χ0n) is 17.7. The van der Waals surface area contributed by atoms with Crippen LogP contribution in [-0.2, 0) is 11.3 Å². The van der Waals surface area contributed by atoms with Crippen LogP contribution in [0.3, 0.4) is 0 Å². The monoisotopic (exact) mass is 489 g/mol. The van der Waals surface area contributed by atoms with Gasteiger partial charge in [0.1, 0.15) is 23.4 Å². The number of ether oxygens (including phenoxy) is 1. The minimum absolute atomic E-state index is 0. The van der Waals surface area contributed by atoms with Crippen LogP contribution in [0.5, 0.6) is 5.75 Å². The zero-order chi connectivity index (χ0) is 21.8. The number of nitrogens with one attached hydrogen (secondary N) is 1. The van der Waals surface area contributed by atoms with Gasteiger partial charge in [-0.25, -0.2) is 24.7 Å². The van der Waals surface area contributed by atoms with Gasteiger partial charge in [-0.3, -0.25) is 0 Å². The Hall–Kier alpha value is -3.63. The van der Waals surface area contributed by atoms with Gasteiger partial charge in [0.25, 0.3) is 0 Å². The van der Waals surface area contributed by atoms with Gasteiger partial charge in [-0.2, -0.15) is 10.2 Å². The molecule has 0 aliphatic heterocycles. The van der Waals surface area contributed by atoms with Crippen LogP contribution in [-0.4, -0.2) is 47.8 Å². The molecule has 4 rings (SSSR count). The van der Waals surface area contributed by atoms with Gasteiger partial charge in [-0.1, -0.05) is 0 Å². The summed E-state index contributed by atoms with van der Waals surface area (Å²) in [6.45, 7) is 3.67. The topological polar surface area (TPSA) is 136 Å². The molecule has 0 bridgehead atoms. The fourth-order valence-corrected chi connectivity index (χ4v) is 2.89. The third-order valence-corrected chi connectivity index (χ3v) is 4.38. The second kappa shape index (κ2) is 11.3. The maximum atomic E-state index is 11.0. The van der Waals surface area contributed by atoms with E-state index >= 15 is 0 Å². The Balaban J connectivity index is 0.00000193. The van der Waals surface area contributed by atoms with Crippen LogP contribution in [0, 0.1) is 13.8 Å². The van der Waals surface area contributed by atoms with Crippen LogP contribution in [0.2, 0.25) is 0 Å². The molecule has 0 spiro atoms. The van der Waals surface area contributed by atoms with E-state index in [1.165, 1.54) is 6.33 Å². The minimum Gasteiger partial charge on any atom is -0.480 e. The van der Waals surface area contributed by atoms with Crippen molar-refractivity contribution in [2.45, 2.75) is 20.4 Å². The van der Waals surface area contributed by atoms with E-state index in [2.05, 4.69) is 35.5 Å². The molecule has 0 fully saturated rings. The first-order valence-corrected chi connectivity index (χ1v) is 9.45. The summed E-state index contributed by atoms with van der Waals surface area (Å²) >= 11 is 0. The fourth-order valence-electron chi connectivity index (χ4n) is 2.89. The largest absolute Gasteiger partial charge is 0.480 e. The Labute approximate surface area is 201 Å². The number of aryl methyl sites for hydroxylation is 2. The summed E-state index contributed by atoms with van der Waals surface area (Å²) < 4.78 is 5.50. The summed E-state index contributed by atoms with van der Waals surface area (Å²) in [4.78, 5) is 28.4. The molecule has 0 atom stereocenters. The summed E-state index contributed by atoms with van der Waals surface area (Å²) in [5.74, 6) is 0.239. The van der Waals surface area contributed by atoms with E-state index in [1.807, 2.05) is 32.0 Å². The number of fused-ring (bicyclic) bond motifs is 1. The zero-order valence-corrected chi connectivity index (χ0v) is 19.4. The van der Waals surface area contributed by atoms with Gasteiger partial charge in [0.15, 0.2) is 12.4 Å². The second-order valence-corrected chi connectivity index (χ2v) is 6.88. The molecular formula is C21H21Cl2N7O3. The molecule has 1 aromatic carbocycles. The van der Waals surface area contributed by atoms with Crippen molar-refractivity contribution >= 4 is 47.5 Å². The van der Waals surface area contributed by atoms with Gasteiger partial charge in [0.2, 0.25) is 0 Å². The molecule has 33 heavy (non-hydrogen) atoms. The van der Waals surface area contributed by atoms with E-state index in [4.69, 9.17) is 9.84 Å². The predicted molar refractivity (Wildman–Crippen MR) is 127 cm³/mol. The number of halogens is 2. The molecule has 0 aliphatic rings. The quantitative estimate of drug-likeness (QED) is 0.397. The van der Waals surface area contributed by atoms with Crippen LogP contribution >= 0.6 is 24.8 Å². The van der Waals surface area contributed by atoms with Crippen LogP contribution in [0.25, 0.3) is 22.3 Å². The van der Waals surface area contributed by atoms with Crippen molar-refractivity contribution in [3.8, 4) is 17.1 Å². The second-order valence-electron chi connectivity index (χ2n) is 6.88. The van der Waals surface area contributed by atoms with Gasteiger partial charge < -0.3 is 15.2 Å². The number of carbonyl (C=O) groups is 1. The molecule has 2 N–H and O–H groups in total. The summed E-state index contributed by atoms with van der Waals surface area (Å²) in [6, 6.07) is 7.29. The summed E-state index contributed by atoms with van der Waals surface area (Å²) in [5.41, 5.74) is 3.64. The fraction of sp³-hybridized carbons (Fsp3) is 0.190. The van der Waals surface area contributed by atoms with Gasteiger partial charge in [-0.05, 0) is 43.7 Å². The van der Waals surface area contributed by atoms with Gasteiger partial charge in [0, 0.05) is 23.3 Å². The molecule has 0 aliphatic carbocycles. The van der Waals surface area contributed by atoms with Crippen molar-refractivity contribution < 1.29 is 14.6 Å². The number of carboxylic acids is 1. The third-order valence-electron chi connectivity index (χ3n) is 4.38. The molecular weight excluding hydrogens is 469 g/mol. The van der Waals surface area contributed by atoms with Crippen molar-refractivity contribution in [1.82, 2.24) is 30.1 Å². The SMILES string of the molecule is Cc1cnc(-c2cc(OCC(=O)O)c3ncnc(NCc4ccc(C)nn4)c3c2)nc1.Cl.Cl. The van der Waals surface area contributed by atoms with Crippen molar-refractivity contribution in [3.05, 3.63) is 59.9 Å². The van der Waals surface area contributed by atoms with Crippen molar-refractivity contribution in [2.24, 2.45) is 0 Å². The first kappa shape index (κ1) is 25.6. The highest BCUT2D eigenvalue weighted by Gasteiger charge is 2.15. The van der Waals surface area contributed by atoms with Crippen LogP contribution in [0.4, 0.5) is 5.82 Å². The lowest BCUT2D eigenvalue weighted by Gasteiger charge is -2.13. The van der Waals surface area contributed by atoms with Crippen LogP contribution in [0.1, 0.15) is 17.0 Å². The average Bonchev–Trinajstić information content (AvgIpc) is 2.77. The Morgan fingerprint density at radius 1 is 1.03 bits per heavy atom. The first-order chi connectivity index (χ1) is 15.0. The van der Waals surface area contributed by atoms with E-state index < -0.39 is 12.6 Å². The van der Waals surface area contributed by atoms with Gasteiger partial charge >= 0.3 is 5.97 Å². The summed E-state index contributed by atoms with van der Waals surface area (Å²) in [6.07, 6.45) is 4.81. The van der Waals surface area contributed by atoms with Crippen molar-refractivity contribution in [1.29, 1.82) is 0 Å². The number of nitrogens with zero attached hydrogens (tertiary/aromatic N) is 6. The predicted octanol–water partition coefficient (Wildman–Crippen LogP) is 3.41. The Bertz CT molecular complexity index is 1240. The Morgan fingerprint density at radius 2 is 1.79 bits per heavy atom. The first-order valence-electron chi connectivity index (χ1n) is 9.45. The summed E-state index contributed by atoms with van der Waals surface area (Å²) in [5, 5.41) is 21.1. The lowest BCUT2D eigenvalue weighted by atomic mass is 10.1. The smallest absolute Gasteiger partial charge is 0.341 e. The molecule has 0 unspecified atom stereocenters. The number of anilines is 1. The van der Waals surface area contributed by atoms with E-state index in [9.17, 15) is 4.79 Å². The highest BCUT2D eigenvalue weighted by molar-refractivity contribution is 5.96. The number of aromatic nitrogens is 6. The van der Waals surface area contributed by atoms with E-state index in [0.717, 1.165) is 17.0 Å². The Morgan fingerprint density at radius 3 is 2.45 bits per heavy atom. The lowest BCUT2D eigenvalue weighted by Crippen LogP contribution is -2.10. The van der Waals surface area contributed by atoms with Gasteiger partial charge in [-0.15, -0.1) is 24.8 Å². The lowest BCUT2D eigenvalue weighted by molar-refractivity contribution is -0.139. The van der Waals surface area contributed by atoms with E-state index in [0.29, 0.717) is 40.4 Å². The number of hydrogen-bond donors (Lipinski definition) is 2. The standard InChI is InChI=1S/C21H19N7O3.2ClH/c1-12-7-22-20(23-8-12)14-5-16-19(17(6-14)31-10-18(29)30)25-11-26-21(16)24-9-15-4-3-13(2)27-28-15;;/h3-8,11H,9-10H2,1-2H3,(H,29,30)(H,24,25,26);2*1H. The maximum absolute atomic E-state index is 11.0. The molecule has 4 aromatic rings. The van der Waals surface area contributed by atoms with Crippen LogP contribution in [0.15, 0.2) is 43.0 Å². The van der Waals surface area contributed by atoms with Crippen LogP contribution < -0.4 is 10.1 Å². The molecule has 0 radical (unpaired) electrons. The highest BCUT2D eigenvalue weighted by Crippen LogP contribution is 2.33. The van der Waals surface area contributed by atoms with E-state index in [-0.39, 0.29) is 24.8 Å². The Kier molecular flexibility index (Phi) is 8.78. The van der Waals surface area contributed by atoms with Gasteiger partial charge in [0.05, 0.1) is 17.9 Å². The number of rotatable bonds is 7. The molecule has 12 heteroatoms. The number of carboxylic acid groups (broad SMARTS) is 1. The molecule has 3 heterocycles. The number of aliphatic carboxylic acids is 1. The molecule has 0 amide bonds. The molecule has 3 aromatic heterocycles. The van der Waals surface area contributed by atoms with Crippen molar-refractivity contribution in [2.75, 3.05) is 11.9 Å². The summed E-state index contributed by atoms with van der Waals surface area (Å²) in [7, 11) is 0. The molecule has 0 saturated heterocycles.